The van der Waals surface area contributed by atoms with Gasteiger partial charge in [-0.25, -0.2) is 4.18 Å². The molecule has 7 aliphatic heterocycles. The predicted octanol–water partition coefficient (Wildman–Crippen LogP) is -1.31. The fourth-order valence-corrected chi connectivity index (χ4v) is 14.8. The van der Waals surface area contributed by atoms with Gasteiger partial charge in [-0.3, -0.25) is 18.9 Å². The minimum atomic E-state index is -5.43. The van der Waals surface area contributed by atoms with Crippen molar-refractivity contribution < 1.29 is 156 Å². The number of ether oxygens (including phenoxy) is 10. The lowest BCUT2D eigenvalue weighted by molar-refractivity contribution is -0.392. The van der Waals surface area contributed by atoms with E-state index in [0.29, 0.717) is 12.8 Å². The zero-order valence-electron chi connectivity index (χ0n) is 62.1. The summed E-state index contributed by atoms with van der Waals surface area (Å²) in [7, 11) is -5.43. The number of hydrogen-bond acceptors (Lipinski definition) is 31. The molecular weight excluding hydrogens is 1440 g/mol. The first kappa shape index (κ1) is 92.9. The van der Waals surface area contributed by atoms with Crippen LogP contribution in [0.1, 0.15) is 207 Å². The molecule has 0 aliphatic carbocycles. The molecule has 36 heteroatoms. The molecule has 35 nitrogen and oxygen atoms in total. The maximum absolute atomic E-state index is 13.5. The third-order valence-electron chi connectivity index (χ3n) is 20.7. The van der Waals surface area contributed by atoms with E-state index in [1.165, 1.54) is 109 Å². The fourth-order valence-electron chi connectivity index (χ4n) is 14.5. The number of fused-ring (bicyclic) bond motifs is 3. The monoisotopic (exact) mass is 1570 g/mol. The Labute approximate surface area is 627 Å². The molecular formula is C71H127N3O32S. The normalized spacial score (nSPS) is 35.2. The van der Waals surface area contributed by atoms with Gasteiger partial charge in [-0.2, -0.15) is 8.42 Å². The Morgan fingerprint density at radius 3 is 1.55 bits per heavy atom. The van der Waals surface area contributed by atoms with Crippen LogP contribution in [0.25, 0.3) is 0 Å². The van der Waals surface area contributed by atoms with Crippen molar-refractivity contribution in [2.24, 2.45) is 0 Å². The average Bonchev–Trinajstić information content (AvgIpc) is 0.731. The number of unbranched alkanes of at least 4 members (excludes halogenated alkanes) is 25. The van der Waals surface area contributed by atoms with Crippen LogP contribution < -0.4 is 16.0 Å². The Morgan fingerprint density at radius 1 is 0.579 bits per heavy atom. The van der Waals surface area contributed by atoms with Gasteiger partial charge in [-0.1, -0.05) is 180 Å². The van der Waals surface area contributed by atoms with Gasteiger partial charge in [-0.15, -0.1) is 0 Å². The summed E-state index contributed by atoms with van der Waals surface area (Å²) in [6, 6.07) is -4.44. The van der Waals surface area contributed by atoms with Crippen molar-refractivity contribution in [2.75, 3.05) is 39.6 Å². The molecule has 624 valence electrons. The molecule has 7 saturated heterocycles. The summed E-state index contributed by atoms with van der Waals surface area (Å²) in [6.45, 7) is -0.576. The van der Waals surface area contributed by atoms with Crippen molar-refractivity contribution in [1.82, 2.24) is 16.0 Å². The van der Waals surface area contributed by atoms with Crippen molar-refractivity contribution in [1.29, 1.82) is 0 Å². The molecule has 107 heavy (non-hydrogen) atoms. The zero-order valence-corrected chi connectivity index (χ0v) is 62.9. The number of piperidine rings is 1. The fraction of sp³-hybridized carbons (Fsp3) is 0.930. The van der Waals surface area contributed by atoms with Gasteiger partial charge < -0.3 is 140 Å². The van der Waals surface area contributed by atoms with Crippen LogP contribution in [0.15, 0.2) is 12.2 Å². The minimum Gasteiger partial charge on any atom is -0.394 e. The molecule has 2 bridgehead atoms. The van der Waals surface area contributed by atoms with Gasteiger partial charge in [0.05, 0.1) is 63.9 Å². The number of hydrogen-bond donors (Lipinski definition) is 19. The number of nitrogens with one attached hydrogen (secondary N) is 3. The SMILES string of the molecule is CCCCCCCCCCCCC/C=C/[C@@H](O)[C@H](CO[C@@H]1O[C@H](CO)[C@@H](O[C@@H]2O[C@H](CO)[C@H](O)[C@H](O[C@@H]3O[C@H](COS(=O)(=O)O)[C@@H](O[C@@H]4O[C@H](CO)[C@H](O)[C@H](O[C@@]56C[C@H](O)[C@@H](NC5=O)[C@H]([C@H](O)[C@H](O)CO)O6)[C@H]4O)[C@H](O)[C@H]3NC(C)=O)[C@H]2O)[C@H](O)[C@H]1O)NC(=O)CCCCCCCCCCCCCCCCC. The van der Waals surface area contributed by atoms with Crippen LogP contribution in [0.4, 0.5) is 0 Å². The van der Waals surface area contributed by atoms with E-state index in [1.807, 2.05) is 6.08 Å². The Balaban J connectivity index is 1.12. The van der Waals surface area contributed by atoms with Crippen molar-refractivity contribution in [3.05, 3.63) is 12.2 Å². The predicted molar refractivity (Wildman–Crippen MR) is 375 cm³/mol. The number of aliphatic hydroxyl groups is 15. The summed E-state index contributed by atoms with van der Waals surface area (Å²) in [5.41, 5.74) is 0. The maximum atomic E-state index is 13.5. The largest absolute Gasteiger partial charge is 0.397 e. The minimum absolute atomic E-state index is 0.161. The van der Waals surface area contributed by atoms with Gasteiger partial charge >= 0.3 is 10.4 Å². The van der Waals surface area contributed by atoms with Gasteiger partial charge in [0.15, 0.2) is 25.2 Å². The molecule has 0 aromatic heterocycles. The second-order valence-electron chi connectivity index (χ2n) is 29.3. The van der Waals surface area contributed by atoms with Gasteiger partial charge in [0, 0.05) is 19.8 Å². The summed E-state index contributed by atoms with van der Waals surface area (Å²) in [4.78, 5) is 40.0. The quantitative estimate of drug-likeness (QED) is 0.0191. The molecule has 0 aromatic carbocycles. The molecule has 0 spiro atoms. The molecule has 0 saturated carbocycles. The molecule has 19 N–H and O–H groups in total. The standard InChI is InChI=1S/C71H127N3O32S/c1-4-6-8-10-12-14-16-18-19-21-23-25-27-29-31-33-50(83)73-42(43(80)32-30-28-26-24-22-20-17-15-13-11-9-7-5-2)39-96-67-58(89)57(88)61(48(38-78)100-67)102-68-59(90)64(54(85)46(36-76)98-68)104-66-52(72-41(3)79)56(87)62(49(101-66)40-97-107(93,94)95)103-69-60(91)65(55(86)47(37-77)99-69)106-71-34-44(81)51(74-70(71)92)63(105-71)53(84)45(82)35-75/h30,32,42-49,51-69,75-78,80-82,84-91H,4-29,31,33-40H2,1-3H3,(H,72,79)(H,73,83)(H,74,92)(H,93,94,95)/b32-30+/t42-,43+,44-,45+,46+,47+,48+,49+,51+,52+,53+,54-,55-,56+,57+,58+,59+,60+,61+,62+,63+,64-,65-,66-,67+,68-,69-,71-/m0/s1. The Morgan fingerprint density at radius 2 is 1.05 bits per heavy atom. The van der Waals surface area contributed by atoms with Crippen LogP contribution in [0.2, 0.25) is 0 Å². The number of morpholine rings is 1. The molecule has 3 amide bonds. The van der Waals surface area contributed by atoms with E-state index >= 15 is 0 Å². The molecule has 28 atom stereocenters. The lowest BCUT2D eigenvalue weighted by Crippen LogP contribution is -2.77. The molecule has 7 aliphatic rings. The summed E-state index contributed by atoms with van der Waals surface area (Å²) in [5.74, 6) is -5.12. The first-order valence-corrected chi connectivity index (χ1v) is 40.2. The first-order valence-electron chi connectivity index (χ1n) is 38.8. The van der Waals surface area contributed by atoms with Gasteiger partial charge in [0.2, 0.25) is 11.8 Å². The molecule has 0 radical (unpaired) electrons. The zero-order chi connectivity index (χ0) is 78.4. The first-order chi connectivity index (χ1) is 51.2. The summed E-state index contributed by atoms with van der Waals surface area (Å²) >= 11 is 0. The number of amides is 3. The van der Waals surface area contributed by atoms with Gasteiger partial charge in [-0.05, 0) is 19.3 Å². The third-order valence-corrected chi connectivity index (χ3v) is 21.2. The van der Waals surface area contributed by atoms with E-state index in [0.717, 1.165) is 58.3 Å². The van der Waals surface area contributed by atoms with Crippen LogP contribution in [0.5, 0.6) is 0 Å². The van der Waals surface area contributed by atoms with Gasteiger partial charge in [0.1, 0.15) is 116 Å². The van der Waals surface area contributed by atoms with E-state index in [4.69, 9.17) is 47.4 Å². The number of aliphatic hydroxyl groups excluding tert-OH is 15. The number of rotatable bonds is 52. The smallest absolute Gasteiger partial charge is 0.394 e. The van der Waals surface area contributed by atoms with Crippen LogP contribution in [-0.4, -0.2) is 318 Å². The summed E-state index contributed by atoms with van der Waals surface area (Å²) in [6.07, 6.45) is -14.2. The van der Waals surface area contributed by atoms with E-state index in [9.17, 15) is 104 Å². The van der Waals surface area contributed by atoms with E-state index < -0.39 is 239 Å². The van der Waals surface area contributed by atoms with E-state index in [1.54, 1.807) is 6.08 Å². The average molecular weight is 1570 g/mol. The highest BCUT2D eigenvalue weighted by Crippen LogP contribution is 2.42. The van der Waals surface area contributed by atoms with Crippen LogP contribution >= 0.6 is 0 Å². The second-order valence-corrected chi connectivity index (χ2v) is 30.4. The Hall–Kier alpha value is -2.98. The highest BCUT2D eigenvalue weighted by atomic mass is 32.3. The van der Waals surface area contributed by atoms with Crippen molar-refractivity contribution in [3.8, 4) is 0 Å². The Bertz CT molecular complexity index is 2670. The maximum Gasteiger partial charge on any atom is 0.397 e. The molecule has 0 unspecified atom stereocenters. The van der Waals surface area contributed by atoms with Crippen molar-refractivity contribution in [2.45, 2.75) is 378 Å². The summed E-state index contributed by atoms with van der Waals surface area (Å²) in [5, 5.41) is 175. The number of carbonyl (C=O) groups excluding carboxylic acids is 3. The number of carbonyl (C=O) groups is 3. The summed E-state index contributed by atoms with van der Waals surface area (Å²) < 4.78 is 97.6. The second kappa shape index (κ2) is 47.6. The van der Waals surface area contributed by atoms with E-state index in [2.05, 4.69) is 34.0 Å². The molecule has 7 rings (SSSR count). The van der Waals surface area contributed by atoms with Crippen LogP contribution in [0, 0.1) is 0 Å². The third kappa shape index (κ3) is 28.2. The molecule has 7 heterocycles. The van der Waals surface area contributed by atoms with E-state index in [-0.39, 0.29) is 12.3 Å². The lowest BCUT2D eigenvalue weighted by atomic mass is 9.84. The highest BCUT2D eigenvalue weighted by Gasteiger charge is 2.64. The van der Waals surface area contributed by atoms with Gasteiger partial charge in [0.25, 0.3) is 11.7 Å². The topological polar surface area (TPSA) is 547 Å². The highest BCUT2D eigenvalue weighted by molar-refractivity contribution is 7.80. The van der Waals surface area contributed by atoms with Crippen LogP contribution in [-0.2, 0) is 76.3 Å². The molecule has 7 fully saturated rings. The Kier molecular flexibility index (Phi) is 41.4. The van der Waals surface area contributed by atoms with Crippen molar-refractivity contribution >= 4 is 28.1 Å². The lowest BCUT2D eigenvalue weighted by Gasteiger charge is -2.55. The number of allylic oxidation sites excluding steroid dienone is 1. The van der Waals surface area contributed by atoms with Crippen molar-refractivity contribution in [3.63, 3.8) is 0 Å². The van der Waals surface area contributed by atoms with Crippen LogP contribution in [0.3, 0.4) is 0 Å². The molecule has 0 aromatic rings.